The van der Waals surface area contributed by atoms with Gasteiger partial charge in [-0.2, -0.15) is 0 Å². The zero-order valence-electron chi connectivity index (χ0n) is 14.1. The van der Waals surface area contributed by atoms with Crippen LogP contribution in [0.3, 0.4) is 0 Å². The van der Waals surface area contributed by atoms with Crippen LogP contribution in [0.5, 0.6) is 17.2 Å². The standard InChI is InChI=1S/C22H15O4P/c23-18-12-13-6-1-2-7-14(13)20(21(18)24)17-10-5-9-16-15-8-3-4-11-19(15)26-27(25)22(16)17/h1-12,23-24,27H. The molecule has 1 heterocycles. The van der Waals surface area contributed by atoms with Gasteiger partial charge in [0, 0.05) is 16.7 Å². The highest BCUT2D eigenvalue weighted by Gasteiger charge is 2.27. The molecule has 0 saturated heterocycles. The number of hydrogen-bond donors (Lipinski definition) is 2. The monoisotopic (exact) mass is 374 g/mol. The summed E-state index contributed by atoms with van der Waals surface area (Å²) in [4.78, 5) is 0. The summed E-state index contributed by atoms with van der Waals surface area (Å²) in [6.07, 6.45) is 0. The summed E-state index contributed by atoms with van der Waals surface area (Å²) in [5.41, 5.74) is 2.76. The van der Waals surface area contributed by atoms with Gasteiger partial charge < -0.3 is 14.7 Å². The van der Waals surface area contributed by atoms with Gasteiger partial charge in [-0.15, -0.1) is 0 Å². The summed E-state index contributed by atoms with van der Waals surface area (Å²) in [5, 5.41) is 23.0. The van der Waals surface area contributed by atoms with Crippen molar-refractivity contribution in [1.82, 2.24) is 0 Å². The van der Waals surface area contributed by atoms with E-state index in [9.17, 15) is 14.8 Å². The van der Waals surface area contributed by atoms with E-state index < -0.39 is 8.03 Å². The molecule has 4 nitrogen and oxygen atoms in total. The number of hydrogen-bond acceptors (Lipinski definition) is 4. The Morgan fingerprint density at radius 3 is 2.37 bits per heavy atom. The second kappa shape index (κ2) is 5.90. The van der Waals surface area contributed by atoms with Gasteiger partial charge in [-0.25, -0.2) is 0 Å². The first-order valence-electron chi connectivity index (χ1n) is 8.54. The third-order valence-electron chi connectivity index (χ3n) is 4.92. The molecule has 1 aliphatic heterocycles. The molecule has 0 saturated carbocycles. The fourth-order valence-electron chi connectivity index (χ4n) is 3.73. The van der Waals surface area contributed by atoms with Crippen LogP contribution >= 0.6 is 8.03 Å². The van der Waals surface area contributed by atoms with Crippen LogP contribution in [0.25, 0.3) is 33.0 Å². The van der Waals surface area contributed by atoms with Crippen molar-refractivity contribution in [1.29, 1.82) is 0 Å². The molecule has 5 heteroatoms. The zero-order chi connectivity index (χ0) is 18.5. The van der Waals surface area contributed by atoms with Crippen molar-refractivity contribution in [2.75, 3.05) is 0 Å². The number of rotatable bonds is 1. The van der Waals surface area contributed by atoms with E-state index in [-0.39, 0.29) is 11.5 Å². The Morgan fingerprint density at radius 2 is 1.48 bits per heavy atom. The lowest BCUT2D eigenvalue weighted by Gasteiger charge is -2.23. The Bertz CT molecular complexity index is 1250. The largest absolute Gasteiger partial charge is 0.504 e. The average Bonchev–Trinajstić information content (AvgIpc) is 2.69. The summed E-state index contributed by atoms with van der Waals surface area (Å²) in [7, 11) is -2.58. The summed E-state index contributed by atoms with van der Waals surface area (Å²) < 4.78 is 18.7. The van der Waals surface area contributed by atoms with Gasteiger partial charge in [0.2, 0.25) is 0 Å². The van der Waals surface area contributed by atoms with Crippen molar-refractivity contribution < 1.29 is 19.3 Å². The van der Waals surface area contributed by atoms with Crippen LogP contribution in [-0.4, -0.2) is 10.2 Å². The Morgan fingerprint density at radius 1 is 0.778 bits per heavy atom. The van der Waals surface area contributed by atoms with Crippen molar-refractivity contribution in [2.45, 2.75) is 0 Å². The second-order valence-corrected chi connectivity index (χ2v) is 7.73. The minimum Gasteiger partial charge on any atom is -0.504 e. The van der Waals surface area contributed by atoms with E-state index in [4.69, 9.17) is 4.52 Å². The van der Waals surface area contributed by atoms with E-state index >= 15 is 0 Å². The van der Waals surface area contributed by atoms with Crippen LogP contribution in [0, 0.1) is 0 Å². The number of phenols is 2. The first-order chi connectivity index (χ1) is 13.1. The maximum atomic E-state index is 13.0. The lowest BCUT2D eigenvalue weighted by Crippen LogP contribution is -2.13. The summed E-state index contributed by atoms with van der Waals surface area (Å²) in [5.74, 6) is 0.157. The van der Waals surface area contributed by atoms with Gasteiger partial charge in [0.1, 0.15) is 5.75 Å². The van der Waals surface area contributed by atoms with Gasteiger partial charge in [0.25, 0.3) is 8.03 Å². The molecule has 132 valence electrons. The zero-order valence-corrected chi connectivity index (χ0v) is 15.1. The van der Waals surface area contributed by atoms with E-state index in [1.807, 2.05) is 54.6 Å². The molecule has 0 bridgehead atoms. The number of para-hydroxylation sites is 1. The van der Waals surface area contributed by atoms with Crippen molar-refractivity contribution in [3.8, 4) is 39.5 Å². The first kappa shape index (κ1) is 16.0. The highest BCUT2D eigenvalue weighted by Crippen LogP contribution is 2.48. The van der Waals surface area contributed by atoms with Gasteiger partial charge in [0.05, 0.1) is 5.30 Å². The molecule has 1 unspecified atom stereocenters. The molecular formula is C22H15O4P. The Labute approximate surface area is 156 Å². The van der Waals surface area contributed by atoms with Crippen molar-refractivity contribution >= 4 is 24.1 Å². The molecule has 0 spiro atoms. The van der Waals surface area contributed by atoms with Gasteiger partial charge in [-0.1, -0.05) is 60.7 Å². The van der Waals surface area contributed by atoms with Crippen LogP contribution < -0.4 is 9.83 Å². The van der Waals surface area contributed by atoms with Crippen molar-refractivity contribution in [2.24, 2.45) is 0 Å². The Balaban J connectivity index is 1.90. The third kappa shape index (κ3) is 2.34. The van der Waals surface area contributed by atoms with E-state index in [0.29, 0.717) is 22.2 Å². The van der Waals surface area contributed by atoms with Crippen LogP contribution in [0.2, 0.25) is 0 Å². The Kier molecular flexibility index (Phi) is 3.49. The van der Waals surface area contributed by atoms with Gasteiger partial charge in [-0.3, -0.25) is 4.57 Å². The third-order valence-corrected chi connectivity index (χ3v) is 6.27. The van der Waals surface area contributed by atoms with Crippen molar-refractivity contribution in [3.05, 3.63) is 72.8 Å². The van der Waals surface area contributed by atoms with E-state index in [2.05, 4.69) is 0 Å². The van der Waals surface area contributed by atoms with Crippen LogP contribution in [0.4, 0.5) is 0 Å². The molecule has 0 radical (unpaired) electrons. The first-order valence-corrected chi connectivity index (χ1v) is 9.85. The fraction of sp³-hybridized carbons (Fsp3) is 0. The Hall–Kier alpha value is -3.23. The molecule has 0 aromatic heterocycles. The molecule has 4 aromatic carbocycles. The minimum absolute atomic E-state index is 0.210. The normalized spacial score (nSPS) is 15.0. The predicted octanol–water partition coefficient (Wildman–Crippen LogP) is 5.08. The smallest absolute Gasteiger partial charge is 0.267 e. The quantitative estimate of drug-likeness (QED) is 0.360. The topological polar surface area (TPSA) is 66.8 Å². The highest BCUT2D eigenvalue weighted by molar-refractivity contribution is 7.49. The molecule has 0 aliphatic carbocycles. The van der Waals surface area contributed by atoms with Crippen LogP contribution in [-0.2, 0) is 4.57 Å². The molecular weight excluding hydrogens is 359 g/mol. The maximum absolute atomic E-state index is 13.0. The van der Waals surface area contributed by atoms with Gasteiger partial charge >= 0.3 is 0 Å². The molecule has 2 N–H and O–H groups in total. The molecule has 4 aromatic rings. The summed E-state index contributed by atoms with van der Waals surface area (Å²) in [6.45, 7) is 0. The predicted molar refractivity (Wildman–Crippen MR) is 107 cm³/mol. The van der Waals surface area contributed by atoms with E-state index in [1.54, 1.807) is 12.1 Å². The maximum Gasteiger partial charge on any atom is 0.267 e. The molecule has 1 aliphatic rings. The molecule has 0 amide bonds. The highest BCUT2D eigenvalue weighted by atomic mass is 31.1. The molecule has 1 atom stereocenters. The average molecular weight is 374 g/mol. The van der Waals surface area contributed by atoms with Gasteiger partial charge in [0.15, 0.2) is 11.5 Å². The van der Waals surface area contributed by atoms with Gasteiger partial charge in [-0.05, 0) is 28.5 Å². The summed E-state index contributed by atoms with van der Waals surface area (Å²) in [6, 6.07) is 22.0. The second-order valence-electron chi connectivity index (χ2n) is 6.45. The summed E-state index contributed by atoms with van der Waals surface area (Å²) >= 11 is 0. The SMILES string of the molecule is O=[PH]1Oc2ccccc2-c2cccc(-c3c(O)c(O)cc4ccccc34)c21. The van der Waals surface area contributed by atoms with E-state index in [0.717, 1.165) is 21.9 Å². The lowest BCUT2D eigenvalue weighted by atomic mass is 9.93. The number of aromatic hydroxyl groups is 2. The van der Waals surface area contributed by atoms with E-state index in [1.165, 1.54) is 6.07 Å². The molecule has 0 fully saturated rings. The minimum atomic E-state index is -2.58. The van der Waals surface area contributed by atoms with Crippen LogP contribution in [0.1, 0.15) is 0 Å². The lowest BCUT2D eigenvalue weighted by molar-refractivity contribution is 0.406. The van der Waals surface area contributed by atoms with Crippen molar-refractivity contribution in [3.63, 3.8) is 0 Å². The fourth-order valence-corrected chi connectivity index (χ4v) is 5.07. The molecule has 5 rings (SSSR count). The van der Waals surface area contributed by atoms with Crippen LogP contribution in [0.15, 0.2) is 72.8 Å². The number of phenolic OH excluding ortho intramolecular Hbond substituents is 2. The molecule has 27 heavy (non-hydrogen) atoms. The number of benzene rings is 4. The number of fused-ring (bicyclic) bond motifs is 4.